The van der Waals surface area contributed by atoms with E-state index in [4.69, 9.17) is 16.6 Å². The van der Waals surface area contributed by atoms with Gasteiger partial charge in [-0.05, 0) is 41.5 Å². The van der Waals surface area contributed by atoms with Crippen molar-refractivity contribution in [3.8, 4) is 11.1 Å². The minimum absolute atomic E-state index is 0.0265. The number of benzene rings is 3. The zero-order valence-electron chi connectivity index (χ0n) is 18.2. The molecule has 1 amide bonds. The number of hydrogen-bond donors (Lipinski definition) is 1. The van der Waals surface area contributed by atoms with Crippen LogP contribution in [0, 0.1) is 0 Å². The normalized spacial score (nSPS) is 14.5. The van der Waals surface area contributed by atoms with Crippen LogP contribution in [0.25, 0.3) is 21.3 Å². The molecular weight excluding hydrogens is 452 g/mol. The fraction of sp³-hybridized carbons (Fsp3) is 0.231. The van der Waals surface area contributed by atoms with Crippen LogP contribution in [-0.2, 0) is 0 Å². The molecule has 1 aliphatic rings. The zero-order valence-corrected chi connectivity index (χ0v) is 19.8. The smallest absolute Gasteiger partial charge is 0.251 e. The van der Waals surface area contributed by atoms with Crippen LogP contribution in [0.2, 0.25) is 5.02 Å². The van der Waals surface area contributed by atoms with Crippen molar-refractivity contribution in [2.24, 2.45) is 0 Å². The molecule has 1 N–H and O–H groups in total. The minimum atomic E-state index is -0.0265. The predicted molar refractivity (Wildman–Crippen MR) is 137 cm³/mol. The molecule has 0 aliphatic carbocycles. The topological polar surface area (TPSA) is 48.5 Å². The summed E-state index contributed by atoms with van der Waals surface area (Å²) < 4.78 is 1.12. The quantitative estimate of drug-likeness (QED) is 0.417. The van der Waals surface area contributed by atoms with Gasteiger partial charge in [0.1, 0.15) is 0 Å². The molecule has 0 spiro atoms. The third-order valence-electron chi connectivity index (χ3n) is 5.95. The fourth-order valence-corrected chi connectivity index (χ4v) is 5.35. The summed E-state index contributed by atoms with van der Waals surface area (Å²) in [7, 11) is 0. The summed E-state index contributed by atoms with van der Waals surface area (Å²) in [5.41, 5.74) is 3.95. The van der Waals surface area contributed by atoms with Crippen LogP contribution >= 0.6 is 22.9 Å². The molecule has 1 aliphatic heterocycles. The number of piperazine rings is 1. The van der Waals surface area contributed by atoms with Gasteiger partial charge in [0.2, 0.25) is 0 Å². The molecule has 0 radical (unpaired) electrons. The standard InChI is InChI=1S/C26H25ClN4OS/c27-22-10-11-23-24(18-22)33-26(29-23)31-16-14-30(15-17-31)13-12-28-25(32)21-8-6-20(7-9-21)19-4-2-1-3-5-19/h1-11,18H,12-17H2,(H,28,32). The molecule has 2 heterocycles. The highest BCUT2D eigenvalue weighted by Gasteiger charge is 2.20. The van der Waals surface area contributed by atoms with Crippen LogP contribution in [-0.4, -0.2) is 55.1 Å². The number of fused-ring (bicyclic) bond motifs is 1. The first kappa shape index (κ1) is 21.9. The van der Waals surface area contributed by atoms with E-state index in [0.717, 1.165) is 64.2 Å². The number of nitrogens with zero attached hydrogens (tertiary/aromatic N) is 3. The number of thiazole rings is 1. The van der Waals surface area contributed by atoms with Gasteiger partial charge in [0.05, 0.1) is 10.2 Å². The number of carbonyl (C=O) groups is 1. The zero-order chi connectivity index (χ0) is 22.6. The molecule has 0 atom stereocenters. The van der Waals surface area contributed by atoms with Crippen molar-refractivity contribution in [2.75, 3.05) is 44.2 Å². The molecule has 1 saturated heterocycles. The van der Waals surface area contributed by atoms with Crippen molar-refractivity contribution < 1.29 is 4.79 Å². The first-order valence-corrected chi connectivity index (χ1v) is 12.3. The Hall–Kier alpha value is -2.93. The third kappa shape index (κ3) is 5.19. The van der Waals surface area contributed by atoms with Crippen molar-refractivity contribution in [1.82, 2.24) is 15.2 Å². The summed E-state index contributed by atoms with van der Waals surface area (Å²) in [6, 6.07) is 23.8. The van der Waals surface area contributed by atoms with Gasteiger partial charge in [0.25, 0.3) is 5.91 Å². The van der Waals surface area contributed by atoms with E-state index in [0.29, 0.717) is 12.1 Å². The lowest BCUT2D eigenvalue weighted by molar-refractivity contribution is 0.0948. The summed E-state index contributed by atoms with van der Waals surface area (Å²) in [4.78, 5) is 22.0. The average molecular weight is 477 g/mol. The number of aromatic nitrogens is 1. The van der Waals surface area contributed by atoms with E-state index in [-0.39, 0.29) is 5.91 Å². The Morgan fingerprint density at radius 3 is 2.42 bits per heavy atom. The predicted octanol–water partition coefficient (Wildman–Crippen LogP) is 5.17. The summed E-state index contributed by atoms with van der Waals surface area (Å²) in [5, 5.41) is 4.86. The van der Waals surface area contributed by atoms with Crippen LogP contribution in [0.15, 0.2) is 72.8 Å². The van der Waals surface area contributed by atoms with Crippen LogP contribution < -0.4 is 10.2 Å². The second-order valence-corrected chi connectivity index (χ2v) is 9.58. The number of halogens is 1. The van der Waals surface area contributed by atoms with Crippen LogP contribution in [0.5, 0.6) is 0 Å². The number of nitrogens with one attached hydrogen (secondary N) is 1. The molecule has 33 heavy (non-hydrogen) atoms. The van der Waals surface area contributed by atoms with E-state index < -0.39 is 0 Å². The average Bonchev–Trinajstić information content (AvgIpc) is 3.28. The van der Waals surface area contributed by atoms with Crippen LogP contribution in [0.4, 0.5) is 5.13 Å². The monoisotopic (exact) mass is 476 g/mol. The van der Waals surface area contributed by atoms with Gasteiger partial charge in [-0.1, -0.05) is 65.4 Å². The molecule has 1 fully saturated rings. The largest absolute Gasteiger partial charge is 0.351 e. The molecule has 0 bridgehead atoms. The molecule has 0 saturated carbocycles. The number of amides is 1. The highest BCUT2D eigenvalue weighted by atomic mass is 35.5. The van der Waals surface area contributed by atoms with E-state index in [1.165, 1.54) is 0 Å². The Morgan fingerprint density at radius 1 is 0.939 bits per heavy atom. The SMILES string of the molecule is O=C(NCCN1CCN(c2nc3ccc(Cl)cc3s2)CC1)c1ccc(-c2ccccc2)cc1. The van der Waals surface area contributed by atoms with Crippen LogP contribution in [0.3, 0.4) is 0 Å². The molecule has 4 aromatic rings. The van der Waals surface area contributed by atoms with Crippen molar-refractivity contribution in [1.29, 1.82) is 0 Å². The Morgan fingerprint density at radius 2 is 1.67 bits per heavy atom. The highest BCUT2D eigenvalue weighted by molar-refractivity contribution is 7.22. The lowest BCUT2D eigenvalue weighted by Crippen LogP contribution is -2.48. The Bertz CT molecular complexity index is 1230. The summed E-state index contributed by atoms with van der Waals surface area (Å²) in [5.74, 6) is -0.0265. The van der Waals surface area contributed by atoms with E-state index in [1.54, 1.807) is 11.3 Å². The Labute approximate surface area is 202 Å². The van der Waals surface area contributed by atoms with Gasteiger partial charge < -0.3 is 10.2 Å². The number of rotatable bonds is 6. The molecular formula is C26H25ClN4OS. The molecule has 5 nitrogen and oxygen atoms in total. The number of carbonyl (C=O) groups excluding carboxylic acids is 1. The minimum Gasteiger partial charge on any atom is -0.351 e. The van der Waals surface area contributed by atoms with E-state index >= 15 is 0 Å². The van der Waals surface area contributed by atoms with Crippen molar-refractivity contribution >= 4 is 44.2 Å². The molecule has 5 rings (SSSR count). The first-order valence-electron chi connectivity index (χ1n) is 11.1. The van der Waals surface area contributed by atoms with Crippen molar-refractivity contribution in [2.45, 2.75) is 0 Å². The van der Waals surface area contributed by atoms with Crippen molar-refractivity contribution in [3.05, 3.63) is 83.4 Å². The first-order chi connectivity index (χ1) is 16.2. The van der Waals surface area contributed by atoms with Gasteiger partial charge in [-0.2, -0.15) is 0 Å². The van der Waals surface area contributed by atoms with Gasteiger partial charge in [-0.3, -0.25) is 9.69 Å². The van der Waals surface area contributed by atoms with E-state index in [2.05, 4.69) is 27.2 Å². The fourth-order valence-electron chi connectivity index (χ4n) is 4.06. The van der Waals surface area contributed by atoms with Gasteiger partial charge in [0, 0.05) is 49.9 Å². The maximum absolute atomic E-state index is 12.5. The number of hydrogen-bond acceptors (Lipinski definition) is 5. The summed E-state index contributed by atoms with van der Waals surface area (Å²) in [6.45, 7) is 5.26. The molecule has 1 aromatic heterocycles. The van der Waals surface area contributed by atoms with Gasteiger partial charge in [0.15, 0.2) is 5.13 Å². The van der Waals surface area contributed by atoms with E-state index in [1.807, 2.05) is 60.7 Å². The molecule has 0 unspecified atom stereocenters. The summed E-state index contributed by atoms with van der Waals surface area (Å²) in [6.07, 6.45) is 0. The number of anilines is 1. The maximum atomic E-state index is 12.5. The Balaban J connectivity index is 1.08. The van der Waals surface area contributed by atoms with Gasteiger partial charge >= 0.3 is 0 Å². The Kier molecular flexibility index (Phi) is 6.58. The van der Waals surface area contributed by atoms with Crippen molar-refractivity contribution in [3.63, 3.8) is 0 Å². The van der Waals surface area contributed by atoms with Gasteiger partial charge in [-0.25, -0.2) is 4.98 Å². The third-order valence-corrected chi connectivity index (χ3v) is 7.26. The second kappa shape index (κ2) is 9.91. The molecule has 168 valence electrons. The lowest BCUT2D eigenvalue weighted by atomic mass is 10.0. The second-order valence-electron chi connectivity index (χ2n) is 8.14. The van der Waals surface area contributed by atoms with E-state index in [9.17, 15) is 4.79 Å². The molecule has 3 aromatic carbocycles. The maximum Gasteiger partial charge on any atom is 0.251 e. The van der Waals surface area contributed by atoms with Gasteiger partial charge in [-0.15, -0.1) is 0 Å². The van der Waals surface area contributed by atoms with Crippen LogP contribution in [0.1, 0.15) is 10.4 Å². The lowest BCUT2D eigenvalue weighted by Gasteiger charge is -2.34. The summed E-state index contributed by atoms with van der Waals surface area (Å²) >= 11 is 7.80. The molecule has 7 heteroatoms. The highest BCUT2D eigenvalue weighted by Crippen LogP contribution is 2.31.